The first-order valence-corrected chi connectivity index (χ1v) is 25.1. The van der Waals surface area contributed by atoms with Gasteiger partial charge < -0.3 is 81.9 Å². The molecule has 28 nitrogen and oxygen atoms in total. The summed E-state index contributed by atoms with van der Waals surface area (Å²) in [5.74, 6) is -8.22. The van der Waals surface area contributed by atoms with Crippen molar-refractivity contribution in [3.8, 4) is 29.6 Å². The molecule has 0 bridgehead atoms. The van der Waals surface area contributed by atoms with Crippen LogP contribution in [0.2, 0.25) is 0 Å². The van der Waals surface area contributed by atoms with E-state index in [1.54, 1.807) is 30.3 Å². The number of terminal acetylenes is 1. The molecule has 1 fully saturated rings. The second-order valence-electron chi connectivity index (χ2n) is 17.5. The number of rotatable bonds is 32. The van der Waals surface area contributed by atoms with Crippen molar-refractivity contribution in [2.75, 3.05) is 79.0 Å². The van der Waals surface area contributed by atoms with Crippen LogP contribution in [0, 0.1) is 12.3 Å². The fourth-order valence-corrected chi connectivity index (χ4v) is 7.34. The Morgan fingerprint density at radius 1 is 0.718 bits per heavy atom. The van der Waals surface area contributed by atoms with E-state index in [4.69, 9.17) is 36.8 Å². The number of benzene rings is 2. The quantitative estimate of drug-likeness (QED) is 0.0107. The number of guanidine groups is 1. The van der Waals surface area contributed by atoms with E-state index in [2.05, 4.69) is 53.4 Å². The molecule has 2 aromatic carbocycles. The number of hydrogen-bond acceptors (Lipinski definition) is 16. The minimum Gasteiger partial charge on any atom is -0.504 e. The summed E-state index contributed by atoms with van der Waals surface area (Å²) in [5.41, 5.74) is 11.3. The van der Waals surface area contributed by atoms with Gasteiger partial charge in [-0.1, -0.05) is 36.3 Å². The summed E-state index contributed by atoms with van der Waals surface area (Å²) in [7, 11) is 0. The normalized spacial score (nSPS) is 17.4. The zero-order valence-corrected chi connectivity index (χ0v) is 43.1. The number of carboxylic acids is 1. The lowest BCUT2D eigenvalue weighted by molar-refractivity contribution is -0.459. The lowest BCUT2D eigenvalue weighted by Crippen LogP contribution is -2.78. The van der Waals surface area contributed by atoms with Crippen LogP contribution >= 0.6 is 0 Å². The van der Waals surface area contributed by atoms with Crippen molar-refractivity contribution in [1.29, 1.82) is 0 Å². The predicted octanol–water partition coefficient (Wildman–Crippen LogP) is -5.30. The van der Waals surface area contributed by atoms with Gasteiger partial charge in [0.05, 0.1) is 65.8 Å². The SMILES string of the molecule is C#CCOCCOCCOCCOCCNC(=O)[C@H](CCC(=O)NCCCC[C@@H]1NC(=O)[C@@H](Cc2ccccc2)NC(=O)[C@H](CC(=O)O)NC(=O)CNC(=O)[C@H](CCC[NH+]=C(N)N)NC1=O)NC(=O)c1cc(O)c(O)c(O)c1. The van der Waals surface area contributed by atoms with E-state index >= 15 is 0 Å². The van der Waals surface area contributed by atoms with Crippen LogP contribution in [0.1, 0.15) is 67.3 Å². The molecule has 0 aliphatic carbocycles. The van der Waals surface area contributed by atoms with Crippen molar-refractivity contribution in [2.45, 2.75) is 88.0 Å². The molecular weight excluding hydrogens is 1030 g/mol. The first kappa shape index (κ1) is 64.0. The Balaban J connectivity index is 1.69. The average molecular weight is 1100 g/mol. The van der Waals surface area contributed by atoms with E-state index in [1.807, 2.05) is 0 Å². The second kappa shape index (κ2) is 35.9. The van der Waals surface area contributed by atoms with Crippen LogP contribution in [0.25, 0.3) is 0 Å². The molecule has 28 heteroatoms. The van der Waals surface area contributed by atoms with Gasteiger partial charge in [-0.15, -0.1) is 6.42 Å². The Hall–Kier alpha value is -8.26. The van der Waals surface area contributed by atoms with Crippen molar-refractivity contribution < 1.29 is 87.5 Å². The number of phenols is 3. The lowest BCUT2D eigenvalue weighted by Gasteiger charge is -2.26. The number of unbranched alkanes of at least 4 members (excludes halogenated alkanes) is 1. The van der Waals surface area contributed by atoms with E-state index in [-0.39, 0.29) is 109 Å². The third-order valence-corrected chi connectivity index (χ3v) is 11.3. The fourth-order valence-electron chi connectivity index (χ4n) is 7.34. The number of carbonyl (C=O) groups excluding carboxylic acids is 8. The number of aliphatic carboxylic acids is 1. The molecule has 0 spiro atoms. The molecule has 5 atom stereocenters. The highest BCUT2D eigenvalue weighted by Gasteiger charge is 2.33. The van der Waals surface area contributed by atoms with Gasteiger partial charge in [0.1, 0.15) is 36.8 Å². The summed E-state index contributed by atoms with van der Waals surface area (Å²) in [6, 6.07) is 3.23. The minimum atomic E-state index is -1.66. The average Bonchev–Trinajstić information content (AvgIpc) is 3.41. The third-order valence-electron chi connectivity index (χ3n) is 11.3. The summed E-state index contributed by atoms with van der Waals surface area (Å²) in [5, 5.41) is 59.5. The molecule has 1 saturated heterocycles. The molecular formula is C50H72N11O17+. The molecule has 78 heavy (non-hydrogen) atoms. The monoisotopic (exact) mass is 1100 g/mol. The number of aromatic hydroxyl groups is 3. The molecule has 0 aromatic heterocycles. The number of hydrogen-bond donors (Lipinski definition) is 15. The number of carbonyl (C=O) groups is 9. The van der Waals surface area contributed by atoms with Gasteiger partial charge in [0.2, 0.25) is 41.4 Å². The maximum Gasteiger partial charge on any atom is 0.338 e. The summed E-state index contributed by atoms with van der Waals surface area (Å²) < 4.78 is 21.4. The summed E-state index contributed by atoms with van der Waals surface area (Å²) in [4.78, 5) is 122. The summed E-state index contributed by atoms with van der Waals surface area (Å²) >= 11 is 0. The Morgan fingerprint density at radius 3 is 1.92 bits per heavy atom. The summed E-state index contributed by atoms with van der Waals surface area (Å²) in [6.07, 6.45) is 4.17. The van der Waals surface area contributed by atoms with Crippen LogP contribution in [0.4, 0.5) is 0 Å². The maximum absolute atomic E-state index is 14.1. The zero-order valence-electron chi connectivity index (χ0n) is 43.1. The van der Waals surface area contributed by atoms with Gasteiger partial charge in [0, 0.05) is 31.5 Å². The Kier molecular flexibility index (Phi) is 29.5. The van der Waals surface area contributed by atoms with Gasteiger partial charge in [-0.05, 0) is 56.2 Å². The maximum atomic E-state index is 14.1. The molecule has 0 radical (unpaired) electrons. The van der Waals surface area contributed by atoms with Crippen LogP contribution < -0.4 is 59.0 Å². The van der Waals surface area contributed by atoms with Gasteiger partial charge >= 0.3 is 11.9 Å². The molecule has 0 saturated carbocycles. The second-order valence-corrected chi connectivity index (χ2v) is 17.5. The molecule has 428 valence electrons. The van der Waals surface area contributed by atoms with Crippen molar-refractivity contribution >= 4 is 59.2 Å². The van der Waals surface area contributed by atoms with E-state index in [0.717, 1.165) is 12.1 Å². The number of ether oxygens (including phenoxy) is 4. The molecule has 1 aliphatic rings. The van der Waals surface area contributed by atoms with Crippen LogP contribution in [0.5, 0.6) is 17.2 Å². The van der Waals surface area contributed by atoms with E-state index in [1.165, 1.54) is 0 Å². The highest BCUT2D eigenvalue weighted by atomic mass is 16.6. The smallest absolute Gasteiger partial charge is 0.338 e. The number of nitrogens with one attached hydrogen (secondary N) is 9. The van der Waals surface area contributed by atoms with Gasteiger partial charge in [0.25, 0.3) is 5.91 Å². The van der Waals surface area contributed by atoms with Crippen LogP contribution in [0.3, 0.4) is 0 Å². The van der Waals surface area contributed by atoms with Gasteiger partial charge in [0.15, 0.2) is 17.2 Å². The largest absolute Gasteiger partial charge is 0.504 e. The highest BCUT2D eigenvalue weighted by molar-refractivity contribution is 5.99. The van der Waals surface area contributed by atoms with Gasteiger partial charge in [-0.3, -0.25) is 59.6 Å². The van der Waals surface area contributed by atoms with Crippen molar-refractivity contribution in [3.63, 3.8) is 0 Å². The summed E-state index contributed by atoms with van der Waals surface area (Å²) in [6.45, 7) is 1.55. The lowest BCUT2D eigenvalue weighted by atomic mass is 10.0. The Labute approximate surface area is 449 Å². The van der Waals surface area contributed by atoms with Crippen LogP contribution in [-0.4, -0.2) is 189 Å². The minimum absolute atomic E-state index is 0.00102. The van der Waals surface area contributed by atoms with Crippen LogP contribution in [0.15, 0.2) is 42.5 Å². The van der Waals surface area contributed by atoms with Crippen molar-refractivity contribution in [1.82, 2.24) is 42.5 Å². The predicted molar refractivity (Wildman–Crippen MR) is 275 cm³/mol. The highest BCUT2D eigenvalue weighted by Crippen LogP contribution is 2.35. The molecule has 8 amide bonds. The van der Waals surface area contributed by atoms with Gasteiger partial charge in [-0.2, -0.15) is 0 Å². The fraction of sp³-hybridized carbons (Fsp3) is 0.520. The molecule has 2 aromatic rings. The topological polar surface area (TPSA) is 434 Å². The number of phenolic OH excluding ortho intramolecular Hbond substituents is 3. The van der Waals surface area contributed by atoms with Gasteiger partial charge in [-0.25, -0.2) is 0 Å². The van der Waals surface area contributed by atoms with Crippen molar-refractivity contribution in [3.05, 3.63) is 53.6 Å². The number of carboxylic acid groups (broad SMARTS) is 1. The molecule has 1 aliphatic heterocycles. The third kappa shape index (κ3) is 25.5. The molecule has 0 unspecified atom stereocenters. The number of nitrogens with two attached hydrogens (primary N) is 2. The Bertz CT molecular complexity index is 2360. The first-order valence-electron chi connectivity index (χ1n) is 25.1. The van der Waals surface area contributed by atoms with Crippen molar-refractivity contribution in [2.24, 2.45) is 11.5 Å². The molecule has 1 heterocycles. The van der Waals surface area contributed by atoms with Crippen LogP contribution in [-0.2, 0) is 63.7 Å². The zero-order chi connectivity index (χ0) is 57.2. The van der Waals surface area contributed by atoms with E-state index in [0.29, 0.717) is 32.0 Å². The van der Waals surface area contributed by atoms with E-state index < -0.39 is 114 Å². The first-order chi connectivity index (χ1) is 37.4. The standard InChI is InChI=1S/C50H71N11O17/c1-2-18-75-20-22-77-24-25-78-23-21-76-19-17-54-45(70)35(58-44(69)32-27-38(62)43(68)39(63)28-32)13-14-40(64)53-15-7-6-11-34-47(72)59-33(12-8-16-55-50(51)52)46(71)56-30-41(65)57-37(29-42(66)67)49(74)61-36(48(73)60-34)26-31-9-4-3-5-10-31/h1,3-5,9-10,27-28,33-37,62-63,68H,6-8,11-26,29-30H2,(H,53,64)(H,54,70)(H,56,71)(H,57,65)(H,58,69)(H,59,72)(H,60,73)(H,61,74)(H,66,67)(H4,51,52,55)/p+1/t33-,34-,35-,36+,37-/m0/s1. The molecule has 17 N–H and O–H groups in total. The Morgan fingerprint density at radius 2 is 1.29 bits per heavy atom. The molecule has 3 rings (SSSR count). The number of amides is 8. The van der Waals surface area contributed by atoms with E-state index in [9.17, 15) is 63.6 Å².